The van der Waals surface area contributed by atoms with Gasteiger partial charge in [0, 0.05) is 17.3 Å². The minimum absolute atomic E-state index is 0.0234. The van der Waals surface area contributed by atoms with Crippen molar-refractivity contribution >= 4 is 23.2 Å². The van der Waals surface area contributed by atoms with Gasteiger partial charge in [-0.3, -0.25) is 9.59 Å². The molecule has 7 heteroatoms. The van der Waals surface area contributed by atoms with Crippen LogP contribution in [0.1, 0.15) is 41.9 Å². The first kappa shape index (κ1) is 15.7. The third-order valence-electron chi connectivity index (χ3n) is 4.10. The molecule has 2 aromatic heterocycles. The summed E-state index contributed by atoms with van der Waals surface area (Å²) in [5, 5.41) is 5.36. The first-order chi connectivity index (χ1) is 11.0. The Balaban J connectivity index is 1.64. The number of hydrogen-bond donors (Lipinski definition) is 2. The summed E-state index contributed by atoms with van der Waals surface area (Å²) in [5.41, 5.74) is 5.74. The molecule has 1 fully saturated rings. The SMILES string of the molecule is Cc1ccc(-c2nc(C(=O)N[C@@H]3CCC[C@@H](C(N)=O)C3)cs2)o1. The summed E-state index contributed by atoms with van der Waals surface area (Å²) in [4.78, 5) is 28.0. The molecule has 0 radical (unpaired) electrons. The molecule has 0 aromatic carbocycles. The highest BCUT2D eigenvalue weighted by Crippen LogP contribution is 2.27. The minimum Gasteiger partial charge on any atom is -0.459 e. The van der Waals surface area contributed by atoms with Gasteiger partial charge in [-0.25, -0.2) is 4.98 Å². The van der Waals surface area contributed by atoms with E-state index in [2.05, 4.69) is 10.3 Å². The van der Waals surface area contributed by atoms with Gasteiger partial charge in [0.25, 0.3) is 5.91 Å². The molecule has 0 spiro atoms. The van der Waals surface area contributed by atoms with Crippen LogP contribution in [-0.2, 0) is 4.79 Å². The molecule has 2 heterocycles. The lowest BCUT2D eigenvalue weighted by atomic mass is 9.85. The van der Waals surface area contributed by atoms with Gasteiger partial charge in [-0.15, -0.1) is 11.3 Å². The van der Waals surface area contributed by atoms with E-state index in [9.17, 15) is 9.59 Å². The molecule has 0 bridgehead atoms. The van der Waals surface area contributed by atoms with Crippen LogP contribution in [0, 0.1) is 12.8 Å². The fourth-order valence-corrected chi connectivity index (χ4v) is 3.64. The van der Waals surface area contributed by atoms with Crippen LogP contribution in [-0.4, -0.2) is 22.8 Å². The van der Waals surface area contributed by atoms with Crippen LogP contribution >= 0.6 is 11.3 Å². The summed E-state index contributed by atoms with van der Waals surface area (Å²) < 4.78 is 5.52. The summed E-state index contributed by atoms with van der Waals surface area (Å²) in [6.45, 7) is 1.86. The summed E-state index contributed by atoms with van der Waals surface area (Å²) in [6, 6.07) is 3.68. The van der Waals surface area contributed by atoms with Crippen molar-refractivity contribution in [1.82, 2.24) is 10.3 Å². The maximum absolute atomic E-state index is 12.3. The highest BCUT2D eigenvalue weighted by atomic mass is 32.1. The number of rotatable bonds is 4. The maximum atomic E-state index is 12.3. The second-order valence-corrected chi connectivity index (χ2v) is 6.74. The van der Waals surface area contributed by atoms with Crippen LogP contribution in [0.15, 0.2) is 21.9 Å². The number of hydrogen-bond acceptors (Lipinski definition) is 5. The monoisotopic (exact) mass is 333 g/mol. The van der Waals surface area contributed by atoms with E-state index in [0.717, 1.165) is 25.0 Å². The van der Waals surface area contributed by atoms with E-state index in [0.29, 0.717) is 22.9 Å². The predicted octanol–water partition coefficient (Wildman–Crippen LogP) is 2.49. The largest absolute Gasteiger partial charge is 0.459 e. The molecular formula is C16H19N3O3S. The number of nitrogens with zero attached hydrogens (tertiary/aromatic N) is 1. The zero-order valence-corrected chi connectivity index (χ0v) is 13.7. The number of amides is 2. The van der Waals surface area contributed by atoms with Crippen molar-refractivity contribution in [3.05, 3.63) is 29.0 Å². The Hall–Kier alpha value is -2.15. The Morgan fingerprint density at radius 3 is 2.91 bits per heavy atom. The minimum atomic E-state index is -0.284. The molecule has 1 saturated carbocycles. The molecule has 1 aliphatic carbocycles. The zero-order valence-electron chi connectivity index (χ0n) is 12.9. The Morgan fingerprint density at radius 1 is 1.39 bits per heavy atom. The molecule has 0 saturated heterocycles. The van der Waals surface area contributed by atoms with Crippen molar-refractivity contribution in [3.8, 4) is 10.8 Å². The van der Waals surface area contributed by atoms with Crippen LogP contribution in [0.5, 0.6) is 0 Å². The van der Waals surface area contributed by atoms with Crippen molar-refractivity contribution in [2.45, 2.75) is 38.6 Å². The number of aromatic nitrogens is 1. The third kappa shape index (κ3) is 3.61. The van der Waals surface area contributed by atoms with Crippen LogP contribution in [0.2, 0.25) is 0 Å². The van der Waals surface area contributed by atoms with Crippen LogP contribution in [0.3, 0.4) is 0 Å². The summed E-state index contributed by atoms with van der Waals surface area (Å²) in [5.74, 6) is 0.823. The standard InChI is InChI=1S/C16H19N3O3S/c1-9-5-6-13(22-9)16-19-12(8-23-16)15(21)18-11-4-2-3-10(7-11)14(17)20/h5-6,8,10-11H,2-4,7H2,1H3,(H2,17,20)(H,18,21)/t10-,11-/m1/s1. The maximum Gasteiger partial charge on any atom is 0.270 e. The van der Waals surface area contributed by atoms with E-state index in [-0.39, 0.29) is 23.8 Å². The van der Waals surface area contributed by atoms with Crippen LogP contribution in [0.25, 0.3) is 10.8 Å². The van der Waals surface area contributed by atoms with Gasteiger partial charge < -0.3 is 15.5 Å². The number of nitrogens with two attached hydrogens (primary N) is 1. The van der Waals surface area contributed by atoms with E-state index in [4.69, 9.17) is 10.2 Å². The topological polar surface area (TPSA) is 98.2 Å². The van der Waals surface area contributed by atoms with Crippen molar-refractivity contribution in [2.75, 3.05) is 0 Å². The number of carbonyl (C=O) groups excluding carboxylic acids is 2. The van der Waals surface area contributed by atoms with Crippen molar-refractivity contribution in [3.63, 3.8) is 0 Å². The van der Waals surface area contributed by atoms with Crippen molar-refractivity contribution in [1.29, 1.82) is 0 Å². The van der Waals surface area contributed by atoms with Crippen LogP contribution < -0.4 is 11.1 Å². The van der Waals surface area contributed by atoms with E-state index in [1.165, 1.54) is 11.3 Å². The van der Waals surface area contributed by atoms with E-state index in [1.807, 2.05) is 19.1 Å². The van der Waals surface area contributed by atoms with Gasteiger partial charge in [0.1, 0.15) is 11.5 Å². The van der Waals surface area contributed by atoms with E-state index in [1.54, 1.807) is 5.38 Å². The Kier molecular flexibility index (Phi) is 4.47. The first-order valence-electron chi connectivity index (χ1n) is 7.65. The molecule has 2 atom stereocenters. The second kappa shape index (κ2) is 6.54. The molecular weight excluding hydrogens is 314 g/mol. The van der Waals surface area contributed by atoms with Gasteiger partial charge in [0.15, 0.2) is 10.8 Å². The average Bonchev–Trinajstić information content (AvgIpc) is 3.16. The highest BCUT2D eigenvalue weighted by Gasteiger charge is 2.27. The number of carbonyl (C=O) groups is 2. The normalized spacial score (nSPS) is 21.1. The number of aryl methyl sites for hydroxylation is 1. The molecule has 3 rings (SSSR count). The lowest BCUT2D eigenvalue weighted by molar-refractivity contribution is -0.122. The molecule has 6 nitrogen and oxygen atoms in total. The Morgan fingerprint density at radius 2 is 2.22 bits per heavy atom. The zero-order chi connectivity index (χ0) is 16.4. The molecule has 3 N–H and O–H groups in total. The molecule has 2 amide bonds. The van der Waals surface area contributed by atoms with Gasteiger partial charge in [-0.2, -0.15) is 0 Å². The van der Waals surface area contributed by atoms with E-state index >= 15 is 0 Å². The van der Waals surface area contributed by atoms with Gasteiger partial charge >= 0.3 is 0 Å². The highest BCUT2D eigenvalue weighted by molar-refractivity contribution is 7.13. The molecule has 23 heavy (non-hydrogen) atoms. The molecule has 1 aliphatic rings. The predicted molar refractivity (Wildman–Crippen MR) is 87.0 cm³/mol. The molecule has 2 aromatic rings. The number of nitrogens with one attached hydrogen (secondary N) is 1. The van der Waals surface area contributed by atoms with Gasteiger partial charge in [0.2, 0.25) is 5.91 Å². The van der Waals surface area contributed by atoms with Gasteiger partial charge in [0.05, 0.1) is 0 Å². The Labute approximate surface area is 138 Å². The number of furan rings is 1. The average molecular weight is 333 g/mol. The number of thiazole rings is 1. The van der Waals surface area contributed by atoms with Crippen molar-refractivity contribution < 1.29 is 14.0 Å². The third-order valence-corrected chi connectivity index (χ3v) is 4.96. The van der Waals surface area contributed by atoms with Crippen LogP contribution in [0.4, 0.5) is 0 Å². The fourth-order valence-electron chi connectivity index (χ4n) is 2.88. The van der Waals surface area contributed by atoms with Gasteiger partial charge in [-0.05, 0) is 38.3 Å². The molecule has 122 valence electrons. The van der Waals surface area contributed by atoms with Crippen molar-refractivity contribution in [2.24, 2.45) is 11.7 Å². The lowest BCUT2D eigenvalue weighted by Crippen LogP contribution is -2.41. The smallest absolute Gasteiger partial charge is 0.270 e. The van der Waals surface area contributed by atoms with Gasteiger partial charge in [-0.1, -0.05) is 6.42 Å². The quantitative estimate of drug-likeness (QED) is 0.898. The lowest BCUT2D eigenvalue weighted by Gasteiger charge is -2.27. The fraction of sp³-hybridized carbons (Fsp3) is 0.438. The first-order valence-corrected chi connectivity index (χ1v) is 8.53. The van der Waals surface area contributed by atoms with E-state index < -0.39 is 0 Å². The summed E-state index contributed by atoms with van der Waals surface area (Å²) in [6.07, 6.45) is 3.17. The molecule has 0 aliphatic heterocycles. The number of primary amides is 1. The Bertz CT molecular complexity index is 722. The summed E-state index contributed by atoms with van der Waals surface area (Å²) >= 11 is 1.37. The molecule has 0 unspecified atom stereocenters. The summed E-state index contributed by atoms with van der Waals surface area (Å²) in [7, 11) is 0. The second-order valence-electron chi connectivity index (χ2n) is 5.88.